The predicted octanol–water partition coefficient (Wildman–Crippen LogP) is 3.39. The summed E-state index contributed by atoms with van der Waals surface area (Å²) in [6, 6.07) is 0. The van der Waals surface area contributed by atoms with Crippen LogP contribution >= 0.6 is 0 Å². The Balaban J connectivity index is 2.13. The van der Waals surface area contributed by atoms with Gasteiger partial charge in [0.1, 0.15) is 0 Å². The second-order valence-electron chi connectivity index (χ2n) is 7.17. The molecule has 0 unspecified atom stereocenters. The zero-order valence-corrected chi connectivity index (χ0v) is 10.8. The molecule has 16 heavy (non-hydrogen) atoms. The van der Waals surface area contributed by atoms with E-state index in [-0.39, 0.29) is 11.5 Å². The van der Waals surface area contributed by atoms with E-state index in [2.05, 4.69) is 27.4 Å². The molecule has 1 nitrogen and oxygen atoms in total. The largest absolute Gasteiger partial charge is 0.392 e. The van der Waals surface area contributed by atoms with Crippen LogP contribution in [-0.4, -0.2) is 11.2 Å². The fraction of sp³-hybridized carbons (Fsp3) is 0.867. The van der Waals surface area contributed by atoms with Gasteiger partial charge in [0.05, 0.1) is 6.10 Å². The lowest BCUT2D eigenvalue weighted by Crippen LogP contribution is -2.38. The van der Waals surface area contributed by atoms with E-state index in [1.165, 1.54) is 24.8 Å². The third kappa shape index (κ3) is 1.01. The molecule has 0 aromatic carbocycles. The van der Waals surface area contributed by atoms with Crippen LogP contribution in [-0.2, 0) is 0 Å². The van der Waals surface area contributed by atoms with Crippen LogP contribution in [0.1, 0.15) is 46.5 Å². The second-order valence-corrected chi connectivity index (χ2v) is 7.17. The molecule has 90 valence electrons. The first-order valence-electron chi connectivity index (χ1n) is 6.76. The lowest BCUT2D eigenvalue weighted by Gasteiger charge is -2.39. The first-order valence-corrected chi connectivity index (χ1v) is 6.76. The van der Waals surface area contributed by atoms with Crippen LogP contribution in [0.3, 0.4) is 0 Å². The minimum absolute atomic E-state index is 0.0291. The molecule has 0 spiro atoms. The lowest BCUT2D eigenvalue weighted by molar-refractivity contribution is 0.0249. The van der Waals surface area contributed by atoms with Crippen molar-refractivity contribution in [2.75, 3.05) is 0 Å². The lowest BCUT2D eigenvalue weighted by atomic mass is 9.67. The highest BCUT2D eigenvalue weighted by atomic mass is 16.3. The van der Waals surface area contributed by atoms with Crippen molar-refractivity contribution in [3.05, 3.63) is 12.2 Å². The molecule has 4 bridgehead atoms. The predicted molar refractivity (Wildman–Crippen MR) is 66.0 cm³/mol. The smallest absolute Gasteiger partial charge is 0.0633 e. The fourth-order valence-corrected chi connectivity index (χ4v) is 5.23. The number of hydrogen-bond acceptors (Lipinski definition) is 1. The number of aliphatic hydroxyl groups excluding tert-OH is 1. The van der Waals surface area contributed by atoms with E-state index >= 15 is 0 Å². The van der Waals surface area contributed by atoms with Crippen LogP contribution in [0.15, 0.2) is 12.2 Å². The highest BCUT2D eigenvalue weighted by Crippen LogP contribution is 2.69. The zero-order valence-electron chi connectivity index (χ0n) is 10.8. The van der Waals surface area contributed by atoms with Crippen molar-refractivity contribution in [3.8, 4) is 0 Å². The Hall–Kier alpha value is -0.300. The fourth-order valence-electron chi connectivity index (χ4n) is 5.23. The van der Waals surface area contributed by atoms with Gasteiger partial charge in [-0.05, 0) is 48.9 Å². The van der Waals surface area contributed by atoms with Crippen LogP contribution < -0.4 is 0 Å². The molecule has 1 N–H and O–H groups in total. The molecule has 0 saturated heterocycles. The molecule has 3 fully saturated rings. The van der Waals surface area contributed by atoms with Crippen molar-refractivity contribution in [2.24, 2.45) is 28.6 Å². The molecular weight excluding hydrogens is 196 g/mol. The number of hydrogen-bond donors (Lipinski definition) is 1. The van der Waals surface area contributed by atoms with Crippen molar-refractivity contribution in [2.45, 2.75) is 52.6 Å². The maximum Gasteiger partial charge on any atom is 0.0633 e. The van der Waals surface area contributed by atoms with Crippen LogP contribution in [0.25, 0.3) is 0 Å². The third-order valence-corrected chi connectivity index (χ3v) is 6.22. The Morgan fingerprint density at radius 3 is 2.56 bits per heavy atom. The second kappa shape index (κ2) is 2.93. The van der Waals surface area contributed by atoms with E-state index < -0.39 is 0 Å². The summed E-state index contributed by atoms with van der Waals surface area (Å²) in [4.78, 5) is 0. The topological polar surface area (TPSA) is 20.2 Å². The zero-order chi connectivity index (χ0) is 11.7. The molecule has 0 aromatic rings. The van der Waals surface area contributed by atoms with Gasteiger partial charge in [0.15, 0.2) is 0 Å². The summed E-state index contributed by atoms with van der Waals surface area (Å²) in [5.74, 6) is 2.17. The highest BCUT2D eigenvalue weighted by Gasteiger charge is 2.64. The molecule has 3 saturated carbocycles. The monoisotopic (exact) mass is 220 g/mol. The molecule has 0 heterocycles. The van der Waals surface area contributed by atoms with Crippen molar-refractivity contribution >= 4 is 0 Å². The molecule has 0 aliphatic heterocycles. The molecule has 0 amide bonds. The average Bonchev–Trinajstić information content (AvgIpc) is 2.72. The molecule has 3 aliphatic carbocycles. The van der Waals surface area contributed by atoms with Gasteiger partial charge in [0.2, 0.25) is 0 Å². The summed E-state index contributed by atoms with van der Waals surface area (Å²) in [6.45, 7) is 11.4. The van der Waals surface area contributed by atoms with E-state index in [1.54, 1.807) is 0 Å². The van der Waals surface area contributed by atoms with E-state index in [0.717, 1.165) is 12.3 Å². The van der Waals surface area contributed by atoms with Gasteiger partial charge < -0.3 is 5.11 Å². The van der Waals surface area contributed by atoms with Crippen LogP contribution in [0.4, 0.5) is 0 Å². The molecule has 0 radical (unpaired) electrons. The maximum atomic E-state index is 10.5. The Morgan fingerprint density at radius 1 is 1.19 bits per heavy atom. The van der Waals surface area contributed by atoms with E-state index in [4.69, 9.17) is 0 Å². The summed E-state index contributed by atoms with van der Waals surface area (Å²) >= 11 is 0. The quantitative estimate of drug-likeness (QED) is 0.620. The van der Waals surface area contributed by atoms with Gasteiger partial charge in [-0.25, -0.2) is 0 Å². The molecular formula is C15H24O. The minimum Gasteiger partial charge on any atom is -0.392 e. The van der Waals surface area contributed by atoms with Gasteiger partial charge in [-0.1, -0.05) is 32.9 Å². The van der Waals surface area contributed by atoms with Gasteiger partial charge >= 0.3 is 0 Å². The summed E-state index contributed by atoms with van der Waals surface area (Å²) in [6.07, 6.45) is 4.61. The molecule has 3 rings (SSSR count). The van der Waals surface area contributed by atoms with Gasteiger partial charge in [-0.3, -0.25) is 0 Å². The van der Waals surface area contributed by atoms with Gasteiger partial charge in [0, 0.05) is 5.41 Å². The standard InChI is InChI=1S/C15H24O/c1-9-10-5-6-11-13(10)14(2,3)8-7-12(16)15(9,11)4/h10-13,16H,1,5-8H2,2-4H3/t10-,11-,12-,13+,15-/m1/s1. The van der Waals surface area contributed by atoms with Gasteiger partial charge in [0.25, 0.3) is 0 Å². The normalized spacial score (nSPS) is 54.1. The van der Waals surface area contributed by atoms with Crippen molar-refractivity contribution in [3.63, 3.8) is 0 Å². The molecule has 3 aliphatic rings. The highest BCUT2D eigenvalue weighted by molar-refractivity contribution is 5.31. The minimum atomic E-state index is -0.153. The van der Waals surface area contributed by atoms with Crippen molar-refractivity contribution < 1.29 is 5.11 Å². The third-order valence-electron chi connectivity index (χ3n) is 6.22. The van der Waals surface area contributed by atoms with Gasteiger partial charge in [-0.2, -0.15) is 0 Å². The molecule has 1 heteroatoms. The van der Waals surface area contributed by atoms with E-state index in [1.807, 2.05) is 0 Å². The van der Waals surface area contributed by atoms with Crippen LogP contribution in [0.5, 0.6) is 0 Å². The van der Waals surface area contributed by atoms with Crippen LogP contribution in [0, 0.1) is 28.6 Å². The van der Waals surface area contributed by atoms with E-state index in [0.29, 0.717) is 17.3 Å². The Morgan fingerprint density at radius 2 is 1.88 bits per heavy atom. The SMILES string of the molecule is C=C1[C@H]2CC[C@@H]3[C@H]2C(C)(C)CC[C@@H](O)[C@]13C. The first-order chi connectivity index (χ1) is 7.39. The average molecular weight is 220 g/mol. The molecule has 5 atom stereocenters. The van der Waals surface area contributed by atoms with E-state index in [9.17, 15) is 5.11 Å². The summed E-state index contributed by atoms with van der Waals surface area (Å²) < 4.78 is 0. The maximum absolute atomic E-state index is 10.5. The Labute approximate surface area is 98.9 Å². The Bertz CT molecular complexity index is 343. The number of rotatable bonds is 0. The van der Waals surface area contributed by atoms with Gasteiger partial charge in [-0.15, -0.1) is 0 Å². The van der Waals surface area contributed by atoms with Crippen molar-refractivity contribution in [1.82, 2.24) is 0 Å². The summed E-state index contributed by atoms with van der Waals surface area (Å²) in [5.41, 5.74) is 1.79. The van der Waals surface area contributed by atoms with Crippen LogP contribution in [0.2, 0.25) is 0 Å². The number of aliphatic hydroxyl groups is 1. The summed E-state index contributed by atoms with van der Waals surface area (Å²) in [5, 5.41) is 10.5. The first kappa shape index (κ1) is 10.8. The Kier molecular flexibility index (Phi) is 1.98. The summed E-state index contributed by atoms with van der Waals surface area (Å²) in [7, 11) is 0. The molecule has 0 aromatic heterocycles. The van der Waals surface area contributed by atoms with Crippen molar-refractivity contribution in [1.29, 1.82) is 0 Å².